The first kappa shape index (κ1) is 8.81. The minimum absolute atomic E-state index is 0.0151. The van der Waals surface area contributed by atoms with E-state index in [2.05, 4.69) is 11.7 Å². The van der Waals surface area contributed by atoms with E-state index in [9.17, 15) is 9.59 Å². The monoisotopic (exact) mass is 143 g/mol. The Morgan fingerprint density at radius 3 is 2.40 bits per heavy atom. The van der Waals surface area contributed by atoms with E-state index in [1.807, 2.05) is 0 Å². The molecule has 4 heteroatoms. The van der Waals surface area contributed by atoms with Gasteiger partial charge in [0.1, 0.15) is 0 Å². The summed E-state index contributed by atoms with van der Waals surface area (Å²) >= 11 is 0. The number of aliphatic carboxylic acids is 1. The summed E-state index contributed by atoms with van der Waals surface area (Å²) in [4.78, 5) is 23.4. The summed E-state index contributed by atoms with van der Waals surface area (Å²) in [5, 5.41) is 8.14. The molecule has 0 rings (SSSR count). The van der Waals surface area contributed by atoms with Crippen LogP contribution in [0, 0.1) is 0 Å². The first-order valence-corrected chi connectivity index (χ1v) is 2.88. The number of carbonyl (C=O) groups excluding carboxylic acids is 1. The highest BCUT2D eigenvalue weighted by atomic mass is 16.4. The Bertz CT molecular complexity index is 153. The Balaban J connectivity index is 3.28. The van der Waals surface area contributed by atoms with Crippen molar-refractivity contribution in [3.63, 3.8) is 0 Å². The van der Waals surface area contributed by atoms with Crippen molar-refractivity contribution in [2.24, 2.45) is 4.99 Å². The van der Waals surface area contributed by atoms with E-state index in [1.165, 1.54) is 0 Å². The smallest absolute Gasteiger partial charge is 0.303 e. The van der Waals surface area contributed by atoms with Gasteiger partial charge >= 0.3 is 5.97 Å². The normalized spacial score (nSPS) is 8.80. The number of hydrogen-bond acceptors (Lipinski definition) is 2. The summed E-state index contributed by atoms with van der Waals surface area (Å²) in [6.07, 6.45) is 0.532. The lowest BCUT2D eigenvalue weighted by Gasteiger charge is -1.90. The molecule has 1 N–H and O–H groups in total. The van der Waals surface area contributed by atoms with Crippen molar-refractivity contribution < 1.29 is 14.7 Å². The first-order chi connectivity index (χ1) is 4.66. The van der Waals surface area contributed by atoms with Gasteiger partial charge < -0.3 is 5.11 Å². The average Bonchev–Trinajstić information content (AvgIpc) is 1.87. The fourth-order valence-corrected chi connectivity index (χ4v) is 0.470. The first-order valence-electron chi connectivity index (χ1n) is 2.88. The highest BCUT2D eigenvalue weighted by molar-refractivity contribution is 5.80. The predicted molar refractivity (Wildman–Crippen MR) is 36.0 cm³/mol. The van der Waals surface area contributed by atoms with Crippen molar-refractivity contribution in [1.82, 2.24) is 0 Å². The zero-order valence-corrected chi connectivity index (χ0v) is 5.54. The maximum absolute atomic E-state index is 10.4. The molecular formula is C6H9NO3. The molecule has 0 saturated carbocycles. The maximum Gasteiger partial charge on any atom is 0.303 e. The van der Waals surface area contributed by atoms with E-state index in [-0.39, 0.29) is 18.7 Å². The second kappa shape index (κ2) is 4.67. The summed E-state index contributed by atoms with van der Waals surface area (Å²) in [5.41, 5.74) is 0. The number of carboxylic acids is 1. The van der Waals surface area contributed by atoms with E-state index in [4.69, 9.17) is 5.11 Å². The number of hydrogen-bond donors (Lipinski definition) is 1. The van der Waals surface area contributed by atoms with Crippen LogP contribution >= 0.6 is 0 Å². The third-order valence-corrected chi connectivity index (χ3v) is 0.958. The molecule has 0 unspecified atom stereocenters. The largest absolute Gasteiger partial charge is 0.481 e. The molecule has 0 aromatic heterocycles. The van der Waals surface area contributed by atoms with E-state index >= 15 is 0 Å². The molecule has 56 valence electrons. The summed E-state index contributed by atoms with van der Waals surface area (Å²) < 4.78 is 0. The SMILES string of the molecule is C=NC(=O)CCCC(=O)O. The zero-order chi connectivity index (χ0) is 7.98. The quantitative estimate of drug-likeness (QED) is 0.581. The number of rotatable bonds is 4. The number of aliphatic imine (C=N–C) groups is 1. The molecule has 0 spiro atoms. The van der Waals surface area contributed by atoms with Gasteiger partial charge in [0.2, 0.25) is 5.91 Å². The molecule has 0 aliphatic rings. The Hall–Kier alpha value is -1.19. The van der Waals surface area contributed by atoms with Crippen LogP contribution in [-0.2, 0) is 9.59 Å². The molecule has 0 fully saturated rings. The van der Waals surface area contributed by atoms with Crippen LogP contribution in [0.4, 0.5) is 0 Å². The molecule has 0 radical (unpaired) electrons. The molecule has 0 aromatic carbocycles. The van der Waals surface area contributed by atoms with Crippen molar-refractivity contribution in [2.75, 3.05) is 0 Å². The predicted octanol–water partition coefficient (Wildman–Crippen LogP) is 0.468. The van der Waals surface area contributed by atoms with Crippen molar-refractivity contribution >= 4 is 18.6 Å². The summed E-state index contributed by atoms with van der Waals surface area (Å²) in [7, 11) is 0. The van der Waals surface area contributed by atoms with Crippen LogP contribution in [0.1, 0.15) is 19.3 Å². The van der Waals surface area contributed by atoms with Crippen LogP contribution in [0.15, 0.2) is 4.99 Å². The van der Waals surface area contributed by atoms with Gasteiger partial charge in [0.15, 0.2) is 0 Å². The van der Waals surface area contributed by atoms with Gasteiger partial charge in [-0.05, 0) is 13.1 Å². The van der Waals surface area contributed by atoms with Crippen molar-refractivity contribution in [2.45, 2.75) is 19.3 Å². The molecule has 4 nitrogen and oxygen atoms in total. The molecule has 10 heavy (non-hydrogen) atoms. The highest BCUT2D eigenvalue weighted by Gasteiger charge is 1.99. The van der Waals surface area contributed by atoms with E-state index in [0.29, 0.717) is 6.42 Å². The van der Waals surface area contributed by atoms with Crippen LogP contribution < -0.4 is 0 Å². The lowest BCUT2D eigenvalue weighted by molar-refractivity contribution is -0.137. The van der Waals surface area contributed by atoms with Crippen molar-refractivity contribution in [3.05, 3.63) is 0 Å². The van der Waals surface area contributed by atoms with Crippen LogP contribution in [0.5, 0.6) is 0 Å². The zero-order valence-electron chi connectivity index (χ0n) is 5.54. The topological polar surface area (TPSA) is 66.7 Å². The van der Waals surface area contributed by atoms with Gasteiger partial charge in [0, 0.05) is 12.8 Å². The Morgan fingerprint density at radius 1 is 1.40 bits per heavy atom. The fraction of sp³-hybridized carbons (Fsp3) is 0.500. The molecular weight excluding hydrogens is 134 g/mol. The summed E-state index contributed by atoms with van der Waals surface area (Å²) in [6.45, 7) is 3.01. The molecule has 0 aromatic rings. The van der Waals surface area contributed by atoms with E-state index in [1.54, 1.807) is 0 Å². The van der Waals surface area contributed by atoms with Crippen LogP contribution in [-0.4, -0.2) is 23.7 Å². The number of amides is 1. The van der Waals surface area contributed by atoms with Crippen LogP contribution in [0.25, 0.3) is 0 Å². The number of nitrogens with zero attached hydrogens (tertiary/aromatic N) is 1. The van der Waals surface area contributed by atoms with E-state index in [0.717, 1.165) is 0 Å². The molecule has 0 bridgehead atoms. The Labute approximate surface area is 58.6 Å². The lowest BCUT2D eigenvalue weighted by Crippen LogP contribution is -1.97. The van der Waals surface area contributed by atoms with Gasteiger partial charge in [-0.25, -0.2) is 4.99 Å². The minimum Gasteiger partial charge on any atom is -0.481 e. The summed E-state index contributed by atoms with van der Waals surface area (Å²) in [5.74, 6) is -1.24. The molecule has 1 amide bonds. The Kier molecular flexibility index (Phi) is 4.11. The standard InChI is InChI=1S/C6H9NO3/c1-7-5(8)3-2-4-6(9)10/h1-4H2,(H,9,10). The Morgan fingerprint density at radius 2 is 2.00 bits per heavy atom. The second-order valence-corrected chi connectivity index (χ2v) is 1.80. The molecule has 0 aliphatic carbocycles. The van der Waals surface area contributed by atoms with Crippen molar-refractivity contribution in [3.8, 4) is 0 Å². The van der Waals surface area contributed by atoms with Gasteiger partial charge in [0.25, 0.3) is 0 Å². The number of carbonyl (C=O) groups is 2. The second-order valence-electron chi connectivity index (χ2n) is 1.80. The highest BCUT2D eigenvalue weighted by Crippen LogP contribution is 1.95. The van der Waals surface area contributed by atoms with Gasteiger partial charge in [-0.2, -0.15) is 0 Å². The third-order valence-electron chi connectivity index (χ3n) is 0.958. The number of carboxylic acid groups (broad SMARTS) is 1. The molecule has 0 aliphatic heterocycles. The van der Waals surface area contributed by atoms with Crippen molar-refractivity contribution in [1.29, 1.82) is 0 Å². The van der Waals surface area contributed by atoms with Gasteiger partial charge in [-0.3, -0.25) is 9.59 Å². The maximum atomic E-state index is 10.4. The van der Waals surface area contributed by atoms with Gasteiger partial charge in [-0.1, -0.05) is 0 Å². The van der Waals surface area contributed by atoms with Gasteiger partial charge in [0.05, 0.1) is 0 Å². The summed E-state index contributed by atoms with van der Waals surface area (Å²) in [6, 6.07) is 0. The molecule has 0 saturated heterocycles. The third kappa shape index (κ3) is 4.96. The van der Waals surface area contributed by atoms with Gasteiger partial charge in [-0.15, -0.1) is 0 Å². The average molecular weight is 143 g/mol. The van der Waals surface area contributed by atoms with Crippen LogP contribution in [0.3, 0.4) is 0 Å². The molecule has 0 atom stereocenters. The fourth-order valence-electron chi connectivity index (χ4n) is 0.470. The van der Waals surface area contributed by atoms with Crippen LogP contribution in [0.2, 0.25) is 0 Å². The lowest BCUT2D eigenvalue weighted by atomic mass is 10.2. The molecule has 0 heterocycles. The minimum atomic E-state index is -0.892. The van der Waals surface area contributed by atoms with E-state index < -0.39 is 5.97 Å².